The Bertz CT molecular complexity index is 1710. The molecule has 4 aromatic rings. The Morgan fingerprint density at radius 2 is 1.78 bits per heavy atom. The lowest BCUT2D eigenvalue weighted by atomic mass is 10.0. The number of benzene rings is 2. The molecule has 1 amide bonds. The van der Waals surface area contributed by atoms with Crippen LogP contribution in [0, 0.1) is 22.7 Å². The van der Waals surface area contributed by atoms with E-state index in [0.29, 0.717) is 5.56 Å². The van der Waals surface area contributed by atoms with Gasteiger partial charge in [-0.3, -0.25) is 9.69 Å². The SMILES string of the molecule is CCN1CCc2c(sc(NC(=O)c3ccc(S(=O)(=O)N(CCC#N)CCC#N)cc3)c2-c2nc3ccccc3s2)C1. The van der Waals surface area contributed by atoms with Crippen molar-refractivity contribution >= 4 is 53.8 Å². The number of nitriles is 2. The van der Waals surface area contributed by atoms with Gasteiger partial charge >= 0.3 is 0 Å². The summed E-state index contributed by atoms with van der Waals surface area (Å²) in [5.74, 6) is -0.340. The number of thiophene rings is 1. The molecular weight excluding hydrogens is 577 g/mol. The van der Waals surface area contributed by atoms with E-state index in [1.807, 2.05) is 36.4 Å². The number of anilines is 1. The van der Waals surface area contributed by atoms with Gasteiger partial charge in [0, 0.05) is 55.0 Å². The Labute approximate surface area is 247 Å². The summed E-state index contributed by atoms with van der Waals surface area (Å²) in [6, 6.07) is 17.6. The Balaban J connectivity index is 1.43. The van der Waals surface area contributed by atoms with E-state index >= 15 is 0 Å². The van der Waals surface area contributed by atoms with Crippen molar-refractivity contribution in [3.63, 3.8) is 0 Å². The Morgan fingerprint density at radius 3 is 2.44 bits per heavy atom. The van der Waals surface area contributed by atoms with Gasteiger partial charge in [-0.05, 0) is 54.9 Å². The molecule has 0 atom stereocenters. The molecule has 0 radical (unpaired) electrons. The Hall–Kier alpha value is -3.65. The first-order valence-electron chi connectivity index (χ1n) is 13.2. The second kappa shape index (κ2) is 12.5. The van der Waals surface area contributed by atoms with Crippen LogP contribution in [0.5, 0.6) is 0 Å². The zero-order chi connectivity index (χ0) is 29.0. The molecule has 0 aliphatic carbocycles. The van der Waals surface area contributed by atoms with Crippen molar-refractivity contribution in [1.82, 2.24) is 14.2 Å². The van der Waals surface area contributed by atoms with Crippen molar-refractivity contribution in [2.75, 3.05) is 31.5 Å². The number of thiazole rings is 1. The van der Waals surface area contributed by atoms with Crippen molar-refractivity contribution in [3.05, 3.63) is 64.5 Å². The standard InChI is InChI=1S/C29H28N6O3S3/c1-2-34-18-13-22-25(19-34)40-29(26(22)28-32-23-7-3-4-8-24(23)39-28)33-27(36)20-9-11-21(12-10-20)41(37,38)35(16-5-14-30)17-6-15-31/h3-4,7-12H,2,5-6,13,16-19H2,1H3,(H,33,36). The molecule has 5 rings (SSSR count). The van der Waals surface area contributed by atoms with Crippen molar-refractivity contribution in [3.8, 4) is 22.7 Å². The van der Waals surface area contributed by atoms with Crippen LogP contribution < -0.4 is 5.32 Å². The van der Waals surface area contributed by atoms with Gasteiger partial charge in [0.05, 0.1) is 27.3 Å². The van der Waals surface area contributed by atoms with E-state index in [1.165, 1.54) is 34.7 Å². The number of carbonyl (C=O) groups is 1. The third kappa shape index (κ3) is 6.03. The van der Waals surface area contributed by atoms with Crippen molar-refractivity contribution in [2.24, 2.45) is 0 Å². The molecule has 1 N–H and O–H groups in total. The molecule has 2 aromatic heterocycles. The summed E-state index contributed by atoms with van der Waals surface area (Å²) in [4.78, 5) is 21.9. The van der Waals surface area contributed by atoms with Gasteiger partial charge in [0.1, 0.15) is 10.0 Å². The van der Waals surface area contributed by atoms with Crippen LogP contribution in [0.15, 0.2) is 53.4 Å². The average molecular weight is 605 g/mol. The van der Waals surface area contributed by atoms with Crippen LogP contribution in [0.4, 0.5) is 5.00 Å². The molecule has 12 heteroatoms. The average Bonchev–Trinajstić information content (AvgIpc) is 3.57. The van der Waals surface area contributed by atoms with Crippen LogP contribution in [-0.2, 0) is 23.0 Å². The quantitative estimate of drug-likeness (QED) is 0.254. The molecule has 0 unspecified atom stereocenters. The number of aromatic nitrogens is 1. The molecule has 41 heavy (non-hydrogen) atoms. The predicted molar refractivity (Wildman–Crippen MR) is 161 cm³/mol. The fourth-order valence-corrected chi connectivity index (χ4v) is 8.66. The van der Waals surface area contributed by atoms with Gasteiger partial charge in [-0.25, -0.2) is 13.4 Å². The molecule has 1 aliphatic rings. The zero-order valence-corrected chi connectivity index (χ0v) is 24.9. The van der Waals surface area contributed by atoms with E-state index in [4.69, 9.17) is 15.5 Å². The number of nitrogens with zero attached hydrogens (tertiary/aromatic N) is 5. The molecule has 0 fully saturated rings. The largest absolute Gasteiger partial charge is 0.313 e. The number of para-hydroxylation sites is 1. The smallest absolute Gasteiger partial charge is 0.256 e. The second-order valence-corrected chi connectivity index (χ2v) is 13.6. The lowest BCUT2D eigenvalue weighted by Crippen LogP contribution is -2.32. The van der Waals surface area contributed by atoms with Crippen molar-refractivity contribution < 1.29 is 13.2 Å². The third-order valence-corrected chi connectivity index (χ3v) is 11.1. The Morgan fingerprint density at radius 1 is 1.07 bits per heavy atom. The van der Waals surface area contributed by atoms with Crippen LogP contribution in [0.1, 0.15) is 40.6 Å². The fraction of sp³-hybridized carbons (Fsp3) is 0.310. The summed E-state index contributed by atoms with van der Waals surface area (Å²) in [6.45, 7) is 4.86. The zero-order valence-electron chi connectivity index (χ0n) is 22.5. The third-order valence-electron chi connectivity index (χ3n) is 7.02. The molecule has 9 nitrogen and oxygen atoms in total. The van der Waals surface area contributed by atoms with E-state index in [1.54, 1.807) is 22.7 Å². The normalized spacial score (nSPS) is 13.6. The first-order valence-corrected chi connectivity index (χ1v) is 16.3. The summed E-state index contributed by atoms with van der Waals surface area (Å²) in [5.41, 5.74) is 3.44. The number of sulfonamides is 1. The highest BCUT2D eigenvalue weighted by atomic mass is 32.2. The summed E-state index contributed by atoms with van der Waals surface area (Å²) in [5, 5.41) is 22.5. The number of fused-ring (bicyclic) bond motifs is 2. The summed E-state index contributed by atoms with van der Waals surface area (Å²) < 4.78 is 28.5. The highest BCUT2D eigenvalue weighted by Crippen LogP contribution is 2.45. The van der Waals surface area contributed by atoms with Crippen LogP contribution in [0.25, 0.3) is 20.8 Å². The van der Waals surface area contributed by atoms with E-state index < -0.39 is 10.0 Å². The van der Waals surface area contributed by atoms with Gasteiger partial charge in [-0.2, -0.15) is 14.8 Å². The lowest BCUT2D eigenvalue weighted by Gasteiger charge is -2.25. The second-order valence-electron chi connectivity index (χ2n) is 9.51. The number of hydrogen-bond acceptors (Lipinski definition) is 9. The van der Waals surface area contributed by atoms with Crippen LogP contribution >= 0.6 is 22.7 Å². The van der Waals surface area contributed by atoms with Crippen molar-refractivity contribution in [1.29, 1.82) is 10.5 Å². The first kappa shape index (κ1) is 28.9. The molecule has 1 aliphatic heterocycles. The molecule has 2 aromatic carbocycles. The Kier molecular flexibility index (Phi) is 8.78. The van der Waals surface area contributed by atoms with Gasteiger partial charge in [0.15, 0.2) is 0 Å². The molecule has 0 saturated heterocycles. The summed E-state index contributed by atoms with van der Waals surface area (Å²) in [7, 11) is -3.92. The highest BCUT2D eigenvalue weighted by Gasteiger charge is 2.28. The maximum atomic E-state index is 13.4. The fourth-order valence-electron chi connectivity index (χ4n) is 4.82. The highest BCUT2D eigenvalue weighted by molar-refractivity contribution is 7.89. The van der Waals surface area contributed by atoms with Crippen LogP contribution in [0.3, 0.4) is 0 Å². The van der Waals surface area contributed by atoms with E-state index in [2.05, 4.69) is 17.1 Å². The monoisotopic (exact) mass is 604 g/mol. The molecule has 0 spiro atoms. The maximum Gasteiger partial charge on any atom is 0.256 e. The number of rotatable bonds is 10. The summed E-state index contributed by atoms with van der Waals surface area (Å²) >= 11 is 3.18. The number of likely N-dealkylation sites (N-methyl/N-ethyl adjacent to an activating group) is 1. The van der Waals surface area contributed by atoms with Gasteiger partial charge in [0.2, 0.25) is 10.0 Å². The van der Waals surface area contributed by atoms with Crippen molar-refractivity contribution in [2.45, 2.75) is 37.6 Å². The predicted octanol–water partition coefficient (Wildman–Crippen LogP) is 5.47. The number of hydrogen-bond donors (Lipinski definition) is 1. The lowest BCUT2D eigenvalue weighted by molar-refractivity contribution is 0.102. The first-order chi connectivity index (χ1) is 19.8. The van der Waals surface area contributed by atoms with Gasteiger partial charge in [-0.1, -0.05) is 19.1 Å². The number of carbonyl (C=O) groups excluding carboxylic acids is 1. The molecule has 3 heterocycles. The molecule has 210 valence electrons. The minimum absolute atomic E-state index is 0.00417. The van der Waals surface area contributed by atoms with Crippen LogP contribution in [0.2, 0.25) is 0 Å². The summed E-state index contributed by atoms with van der Waals surface area (Å²) in [6.07, 6.45) is 0.910. The topological polar surface area (TPSA) is 130 Å². The number of nitrogens with one attached hydrogen (secondary N) is 1. The van der Waals surface area contributed by atoms with Gasteiger partial charge in [0.25, 0.3) is 5.91 Å². The number of amides is 1. The minimum Gasteiger partial charge on any atom is -0.313 e. The molecular formula is C29H28N6O3S3. The van der Waals surface area contributed by atoms with E-state index in [-0.39, 0.29) is 36.7 Å². The van der Waals surface area contributed by atoms with Crippen LogP contribution in [-0.4, -0.2) is 54.7 Å². The maximum absolute atomic E-state index is 13.4. The van der Waals surface area contributed by atoms with E-state index in [0.717, 1.165) is 56.1 Å². The van der Waals surface area contributed by atoms with E-state index in [9.17, 15) is 13.2 Å². The van der Waals surface area contributed by atoms with Gasteiger partial charge in [-0.15, -0.1) is 22.7 Å². The molecule has 0 bridgehead atoms. The van der Waals surface area contributed by atoms with Gasteiger partial charge < -0.3 is 5.32 Å². The molecule has 0 saturated carbocycles. The minimum atomic E-state index is -3.92.